The van der Waals surface area contributed by atoms with Crippen molar-refractivity contribution in [3.63, 3.8) is 0 Å². The average molecular weight is 466 g/mol. The van der Waals surface area contributed by atoms with E-state index in [0.717, 1.165) is 10.6 Å². The van der Waals surface area contributed by atoms with Crippen LogP contribution < -0.4 is 21.9 Å². The van der Waals surface area contributed by atoms with E-state index in [1.807, 2.05) is 0 Å². The fourth-order valence-electron chi connectivity index (χ4n) is 3.07. The number of nitrogens with zero attached hydrogens (tertiary/aromatic N) is 4. The molecule has 0 unspecified atom stereocenters. The third-order valence-electron chi connectivity index (χ3n) is 4.80. The maximum Gasteiger partial charge on any atom is 0.416 e. The summed E-state index contributed by atoms with van der Waals surface area (Å²) in [4.78, 5) is 50.8. The first kappa shape index (κ1) is 23.4. The van der Waals surface area contributed by atoms with E-state index in [9.17, 15) is 37.7 Å². The van der Waals surface area contributed by atoms with E-state index < -0.39 is 39.5 Å². The molecule has 0 aliphatic carbocycles. The largest absolute Gasteiger partial charge is 0.416 e. The summed E-state index contributed by atoms with van der Waals surface area (Å²) < 4.78 is 40.4. The Hall–Kier alpha value is -4.23. The van der Waals surface area contributed by atoms with Crippen molar-refractivity contribution in [2.75, 3.05) is 18.4 Å². The van der Waals surface area contributed by atoms with Crippen LogP contribution in [0.2, 0.25) is 0 Å². The molecule has 0 atom stereocenters. The quantitative estimate of drug-likeness (QED) is 0.318. The molecule has 3 aromatic rings. The van der Waals surface area contributed by atoms with Crippen LogP contribution in [0.15, 0.2) is 40.1 Å². The molecule has 11 nitrogen and oxygen atoms in total. The number of aromatic nitrogens is 3. The van der Waals surface area contributed by atoms with Gasteiger partial charge in [-0.3, -0.25) is 28.8 Å². The topological polar surface area (TPSA) is 141 Å². The molecular weight excluding hydrogens is 449 g/mol. The van der Waals surface area contributed by atoms with Crippen molar-refractivity contribution in [1.29, 1.82) is 0 Å². The fourth-order valence-corrected chi connectivity index (χ4v) is 3.07. The standard InChI is InChI=1S/C19H17F3N6O5/c1-26-15-12(17(30)27(2)18(26)31)7-10(9-25-15)16(29)24-6-5-23-13-4-3-11(19(20,21)22)8-14(13)28(32)33/h3-4,7-9,23H,5-6H2,1-2H3,(H,24,29). The van der Waals surface area contributed by atoms with Crippen LogP contribution in [-0.2, 0) is 20.3 Å². The normalized spacial score (nSPS) is 11.4. The van der Waals surface area contributed by atoms with Gasteiger partial charge in [-0.1, -0.05) is 0 Å². The molecule has 0 saturated carbocycles. The summed E-state index contributed by atoms with van der Waals surface area (Å²) in [5, 5.41) is 16.3. The van der Waals surface area contributed by atoms with Crippen molar-refractivity contribution in [2.24, 2.45) is 14.1 Å². The molecule has 14 heteroatoms. The van der Waals surface area contributed by atoms with E-state index in [1.54, 1.807) is 0 Å². The van der Waals surface area contributed by atoms with E-state index in [4.69, 9.17) is 0 Å². The van der Waals surface area contributed by atoms with Gasteiger partial charge in [-0.2, -0.15) is 13.2 Å². The van der Waals surface area contributed by atoms with Gasteiger partial charge in [0.1, 0.15) is 11.3 Å². The lowest BCUT2D eigenvalue weighted by Gasteiger charge is -2.11. The second kappa shape index (κ2) is 8.72. The molecule has 174 valence electrons. The van der Waals surface area contributed by atoms with Gasteiger partial charge in [-0.15, -0.1) is 0 Å². The van der Waals surface area contributed by atoms with Crippen LogP contribution in [0.5, 0.6) is 0 Å². The zero-order valence-electron chi connectivity index (χ0n) is 17.3. The predicted molar refractivity (Wildman–Crippen MR) is 111 cm³/mol. The number of alkyl halides is 3. The van der Waals surface area contributed by atoms with E-state index in [1.165, 1.54) is 30.9 Å². The second-order valence-corrected chi connectivity index (χ2v) is 6.97. The van der Waals surface area contributed by atoms with Gasteiger partial charge < -0.3 is 10.6 Å². The Morgan fingerprint density at radius 3 is 2.48 bits per heavy atom. The lowest BCUT2D eigenvalue weighted by Crippen LogP contribution is -2.37. The Labute approximate surface area is 182 Å². The van der Waals surface area contributed by atoms with Crippen molar-refractivity contribution in [2.45, 2.75) is 6.18 Å². The molecular formula is C19H17F3N6O5. The first-order chi connectivity index (χ1) is 15.4. The number of carbonyl (C=O) groups excluding carboxylic acids is 1. The third-order valence-corrected chi connectivity index (χ3v) is 4.80. The number of aryl methyl sites for hydroxylation is 1. The Morgan fingerprint density at radius 2 is 1.85 bits per heavy atom. The molecule has 2 N–H and O–H groups in total. The van der Waals surface area contributed by atoms with Gasteiger partial charge in [0.15, 0.2) is 0 Å². The van der Waals surface area contributed by atoms with Gasteiger partial charge in [0.2, 0.25) is 0 Å². The first-order valence-corrected chi connectivity index (χ1v) is 9.35. The number of anilines is 1. The van der Waals surface area contributed by atoms with Crippen molar-refractivity contribution < 1.29 is 22.9 Å². The third kappa shape index (κ3) is 4.68. The molecule has 0 aliphatic rings. The van der Waals surface area contributed by atoms with Crippen molar-refractivity contribution in [1.82, 2.24) is 19.4 Å². The predicted octanol–water partition coefficient (Wildman–Crippen LogP) is 1.40. The van der Waals surface area contributed by atoms with Gasteiger partial charge in [0.25, 0.3) is 17.2 Å². The number of hydrogen-bond acceptors (Lipinski definition) is 7. The molecule has 0 fully saturated rings. The Balaban J connectivity index is 1.70. The number of nitrogens with one attached hydrogen (secondary N) is 2. The molecule has 0 aliphatic heterocycles. The molecule has 2 aromatic heterocycles. The number of fused-ring (bicyclic) bond motifs is 1. The minimum absolute atomic E-state index is 0.0325. The van der Waals surface area contributed by atoms with Gasteiger partial charge >= 0.3 is 11.9 Å². The van der Waals surface area contributed by atoms with Gasteiger partial charge in [0.05, 0.1) is 21.4 Å². The second-order valence-electron chi connectivity index (χ2n) is 6.97. The van der Waals surface area contributed by atoms with Crippen LogP contribution in [0, 0.1) is 10.1 Å². The lowest BCUT2D eigenvalue weighted by molar-refractivity contribution is -0.384. The van der Waals surface area contributed by atoms with Crippen molar-refractivity contribution >= 4 is 28.3 Å². The van der Waals surface area contributed by atoms with Crippen LogP contribution in [0.4, 0.5) is 24.5 Å². The number of rotatable bonds is 6. The summed E-state index contributed by atoms with van der Waals surface area (Å²) in [5.74, 6) is -0.607. The first-order valence-electron chi connectivity index (χ1n) is 9.35. The number of pyridine rings is 1. The summed E-state index contributed by atoms with van der Waals surface area (Å²) in [6.45, 7) is -0.0739. The summed E-state index contributed by atoms with van der Waals surface area (Å²) in [7, 11) is 2.73. The number of nitro benzene ring substituents is 1. The summed E-state index contributed by atoms with van der Waals surface area (Å²) in [6.07, 6.45) is -3.54. The number of benzene rings is 1. The zero-order chi connectivity index (χ0) is 24.5. The molecule has 1 aromatic carbocycles. The molecule has 0 spiro atoms. The highest BCUT2D eigenvalue weighted by Crippen LogP contribution is 2.34. The van der Waals surface area contributed by atoms with Crippen LogP contribution in [-0.4, -0.2) is 38.0 Å². The Kier molecular flexibility index (Phi) is 6.19. The minimum Gasteiger partial charge on any atom is -0.378 e. The van der Waals surface area contributed by atoms with Gasteiger partial charge in [-0.25, -0.2) is 9.78 Å². The SMILES string of the molecule is Cn1c(=O)c2cc(C(=O)NCCNc3ccc(C(F)(F)F)cc3[N+](=O)[O-])cnc2n(C)c1=O. The van der Waals surface area contributed by atoms with Crippen molar-refractivity contribution in [3.8, 4) is 0 Å². The smallest absolute Gasteiger partial charge is 0.378 e. The lowest BCUT2D eigenvalue weighted by atomic mass is 10.1. The maximum absolute atomic E-state index is 12.8. The van der Waals surface area contributed by atoms with E-state index in [-0.39, 0.29) is 35.4 Å². The van der Waals surface area contributed by atoms with Crippen LogP contribution in [0.1, 0.15) is 15.9 Å². The molecule has 0 saturated heterocycles. The van der Waals surface area contributed by atoms with Crippen LogP contribution in [0.3, 0.4) is 0 Å². The molecule has 2 heterocycles. The van der Waals surface area contributed by atoms with Gasteiger partial charge in [-0.05, 0) is 18.2 Å². The molecule has 1 amide bonds. The fraction of sp³-hybridized carbons (Fsp3) is 0.263. The molecule has 3 rings (SSSR count). The monoisotopic (exact) mass is 466 g/mol. The molecule has 0 bridgehead atoms. The average Bonchev–Trinajstić information content (AvgIpc) is 2.77. The highest BCUT2D eigenvalue weighted by molar-refractivity contribution is 5.96. The van der Waals surface area contributed by atoms with E-state index in [0.29, 0.717) is 12.1 Å². The Morgan fingerprint density at radius 1 is 1.15 bits per heavy atom. The highest BCUT2D eigenvalue weighted by Gasteiger charge is 2.33. The summed E-state index contributed by atoms with van der Waals surface area (Å²) in [6, 6.07) is 3.36. The molecule has 0 radical (unpaired) electrons. The van der Waals surface area contributed by atoms with Gasteiger partial charge in [0, 0.05) is 39.4 Å². The summed E-state index contributed by atoms with van der Waals surface area (Å²) in [5.41, 5.74) is -3.09. The number of carbonyl (C=O) groups is 1. The molecule has 33 heavy (non-hydrogen) atoms. The van der Waals surface area contributed by atoms with E-state index in [2.05, 4.69) is 15.6 Å². The van der Waals surface area contributed by atoms with Crippen LogP contribution >= 0.6 is 0 Å². The minimum atomic E-state index is -4.72. The van der Waals surface area contributed by atoms with Crippen molar-refractivity contribution in [3.05, 3.63) is 72.5 Å². The maximum atomic E-state index is 12.8. The number of nitro groups is 1. The van der Waals surface area contributed by atoms with E-state index >= 15 is 0 Å². The van der Waals surface area contributed by atoms with Crippen LogP contribution in [0.25, 0.3) is 11.0 Å². The number of amides is 1. The summed E-state index contributed by atoms with van der Waals surface area (Å²) >= 11 is 0. The zero-order valence-corrected chi connectivity index (χ0v) is 17.3. The number of hydrogen-bond donors (Lipinski definition) is 2. The Bertz CT molecular complexity index is 1380. The highest BCUT2D eigenvalue weighted by atomic mass is 19.4. The number of halogens is 3.